The zero-order valence-electron chi connectivity index (χ0n) is 13.8. The number of carbonyl (C=O) groups excluding carboxylic acids is 2. The lowest BCUT2D eigenvalue weighted by Crippen LogP contribution is -2.35. The molecule has 1 heterocycles. The van der Waals surface area contributed by atoms with Crippen LogP contribution in [0.1, 0.15) is 0 Å². The van der Waals surface area contributed by atoms with Crippen molar-refractivity contribution in [2.75, 3.05) is 6.54 Å². The molecular formula is C18H17N3O4S. The number of nitrogens with zero attached hydrogens (tertiary/aromatic N) is 1. The molecule has 0 spiro atoms. The van der Waals surface area contributed by atoms with Crippen LogP contribution in [0, 0.1) is 0 Å². The molecule has 0 bridgehead atoms. The van der Waals surface area contributed by atoms with E-state index < -0.39 is 21.7 Å². The highest BCUT2D eigenvalue weighted by molar-refractivity contribution is 7.91. The maximum atomic E-state index is 13.0. The first-order valence-electron chi connectivity index (χ1n) is 7.82. The molecule has 26 heavy (non-hydrogen) atoms. The lowest BCUT2D eigenvalue weighted by molar-refractivity contribution is -0.125. The Morgan fingerprint density at radius 2 is 1.65 bits per heavy atom. The topological polar surface area (TPSA) is 111 Å². The van der Waals surface area contributed by atoms with Crippen LogP contribution in [0.5, 0.6) is 0 Å². The summed E-state index contributed by atoms with van der Waals surface area (Å²) in [6, 6.07) is 15.0. The molecule has 1 aromatic heterocycles. The highest BCUT2D eigenvalue weighted by Gasteiger charge is 2.23. The Bertz CT molecular complexity index is 1070. The number of sulfone groups is 1. The number of benzene rings is 2. The third-order valence-electron chi connectivity index (χ3n) is 3.87. The van der Waals surface area contributed by atoms with Crippen molar-refractivity contribution in [1.82, 2.24) is 9.88 Å². The molecule has 8 heteroatoms. The van der Waals surface area contributed by atoms with Crippen LogP contribution in [-0.4, -0.2) is 31.3 Å². The molecule has 0 saturated carbocycles. The molecule has 0 unspecified atom stereocenters. The lowest BCUT2D eigenvalue weighted by atomic mass is 10.2. The van der Waals surface area contributed by atoms with Gasteiger partial charge in [0.2, 0.25) is 21.7 Å². The van der Waals surface area contributed by atoms with Gasteiger partial charge < -0.3 is 15.6 Å². The standard InChI is InChI=1S/C18H17N3O4S/c19-17(22)10-20-18(23)12-21-11-16(14-8-4-5-9-15(14)21)26(24,25)13-6-2-1-3-7-13/h1-9,11H,10,12H2,(H2,19,22)(H,20,23). The summed E-state index contributed by atoms with van der Waals surface area (Å²) in [6.45, 7) is -0.398. The predicted octanol–water partition coefficient (Wildman–Crippen LogP) is 1.08. The molecule has 2 aromatic carbocycles. The van der Waals surface area contributed by atoms with Crippen LogP contribution in [0.4, 0.5) is 0 Å². The van der Waals surface area contributed by atoms with E-state index in [0.29, 0.717) is 10.9 Å². The van der Waals surface area contributed by atoms with Gasteiger partial charge in [-0.2, -0.15) is 0 Å². The summed E-state index contributed by atoms with van der Waals surface area (Å²) in [5, 5.41) is 2.92. The van der Waals surface area contributed by atoms with Crippen LogP contribution in [0.3, 0.4) is 0 Å². The molecule has 3 N–H and O–H groups in total. The summed E-state index contributed by atoms with van der Waals surface area (Å²) >= 11 is 0. The monoisotopic (exact) mass is 371 g/mol. The molecule has 0 aliphatic rings. The number of rotatable bonds is 6. The number of hydrogen-bond acceptors (Lipinski definition) is 4. The van der Waals surface area contributed by atoms with Crippen molar-refractivity contribution in [3.05, 3.63) is 60.8 Å². The Hall–Kier alpha value is -3.13. The van der Waals surface area contributed by atoms with Crippen LogP contribution in [-0.2, 0) is 26.0 Å². The molecule has 3 aromatic rings. The average Bonchev–Trinajstić information content (AvgIpc) is 3.00. The van der Waals surface area contributed by atoms with Gasteiger partial charge in [-0.05, 0) is 18.2 Å². The number of aromatic nitrogens is 1. The van der Waals surface area contributed by atoms with E-state index in [4.69, 9.17) is 5.73 Å². The minimum Gasteiger partial charge on any atom is -0.368 e. The molecule has 2 amide bonds. The second-order valence-electron chi connectivity index (χ2n) is 5.70. The van der Waals surface area contributed by atoms with Crippen LogP contribution < -0.4 is 11.1 Å². The summed E-state index contributed by atoms with van der Waals surface area (Å²) < 4.78 is 27.5. The number of para-hydroxylation sites is 1. The van der Waals surface area contributed by atoms with E-state index in [1.165, 1.54) is 18.3 Å². The largest absolute Gasteiger partial charge is 0.368 e. The van der Waals surface area contributed by atoms with Crippen molar-refractivity contribution in [3.8, 4) is 0 Å². The molecule has 7 nitrogen and oxygen atoms in total. The normalized spacial score (nSPS) is 11.4. The minimum atomic E-state index is -3.73. The Kier molecular flexibility index (Phi) is 4.77. The van der Waals surface area contributed by atoms with Crippen molar-refractivity contribution >= 4 is 32.6 Å². The van der Waals surface area contributed by atoms with Crippen molar-refractivity contribution in [3.63, 3.8) is 0 Å². The summed E-state index contributed by atoms with van der Waals surface area (Å²) in [4.78, 5) is 23.1. The van der Waals surface area contributed by atoms with Gasteiger partial charge in [-0.25, -0.2) is 8.42 Å². The first-order chi connectivity index (χ1) is 12.4. The number of fused-ring (bicyclic) bond motifs is 1. The Morgan fingerprint density at radius 1 is 1.00 bits per heavy atom. The van der Waals surface area contributed by atoms with Crippen molar-refractivity contribution in [2.24, 2.45) is 5.73 Å². The molecule has 3 rings (SSSR count). The van der Waals surface area contributed by atoms with Gasteiger partial charge in [-0.1, -0.05) is 36.4 Å². The fourth-order valence-corrected chi connectivity index (χ4v) is 4.18. The minimum absolute atomic E-state index is 0.127. The summed E-state index contributed by atoms with van der Waals surface area (Å²) in [6.07, 6.45) is 1.44. The van der Waals surface area contributed by atoms with Crippen LogP contribution in [0.2, 0.25) is 0 Å². The Morgan fingerprint density at radius 3 is 2.35 bits per heavy atom. The summed E-state index contributed by atoms with van der Waals surface area (Å²) in [5.41, 5.74) is 5.62. The maximum absolute atomic E-state index is 13.0. The van der Waals surface area contributed by atoms with Crippen molar-refractivity contribution < 1.29 is 18.0 Å². The number of primary amides is 1. The zero-order valence-corrected chi connectivity index (χ0v) is 14.6. The quantitative estimate of drug-likeness (QED) is 0.675. The predicted molar refractivity (Wildman–Crippen MR) is 96.0 cm³/mol. The molecular weight excluding hydrogens is 354 g/mol. The third kappa shape index (κ3) is 3.45. The van der Waals surface area contributed by atoms with Gasteiger partial charge >= 0.3 is 0 Å². The fraction of sp³-hybridized carbons (Fsp3) is 0.111. The highest BCUT2D eigenvalue weighted by atomic mass is 32.2. The first-order valence-corrected chi connectivity index (χ1v) is 9.31. The molecule has 0 saturated heterocycles. The van der Waals surface area contributed by atoms with E-state index in [-0.39, 0.29) is 22.9 Å². The maximum Gasteiger partial charge on any atom is 0.240 e. The van der Waals surface area contributed by atoms with Gasteiger partial charge in [0.15, 0.2) is 0 Å². The summed E-state index contributed by atoms with van der Waals surface area (Å²) in [7, 11) is -3.73. The van der Waals surface area contributed by atoms with Gasteiger partial charge in [-0.3, -0.25) is 9.59 Å². The second kappa shape index (κ2) is 7.01. The van der Waals surface area contributed by atoms with Gasteiger partial charge in [0, 0.05) is 17.1 Å². The molecule has 134 valence electrons. The molecule has 0 fully saturated rings. The van der Waals surface area contributed by atoms with Gasteiger partial charge in [0.05, 0.1) is 16.3 Å². The van der Waals surface area contributed by atoms with Crippen LogP contribution in [0.15, 0.2) is 70.6 Å². The number of nitrogens with one attached hydrogen (secondary N) is 1. The lowest BCUT2D eigenvalue weighted by Gasteiger charge is -2.05. The Labute approximate surface area is 150 Å². The van der Waals surface area contributed by atoms with Crippen molar-refractivity contribution in [2.45, 2.75) is 16.3 Å². The number of amides is 2. The number of nitrogens with two attached hydrogens (primary N) is 1. The van der Waals surface area contributed by atoms with E-state index in [1.54, 1.807) is 47.0 Å². The van der Waals surface area contributed by atoms with E-state index in [1.807, 2.05) is 0 Å². The Balaban J connectivity index is 2.03. The molecule has 0 radical (unpaired) electrons. The SMILES string of the molecule is NC(=O)CNC(=O)Cn1cc(S(=O)(=O)c2ccccc2)c2ccccc21. The van der Waals surface area contributed by atoms with E-state index in [0.717, 1.165) is 0 Å². The fourth-order valence-electron chi connectivity index (χ4n) is 2.68. The van der Waals surface area contributed by atoms with Crippen LogP contribution >= 0.6 is 0 Å². The van der Waals surface area contributed by atoms with Gasteiger partial charge in [0.25, 0.3) is 0 Å². The second-order valence-corrected chi connectivity index (χ2v) is 7.62. The molecule has 0 atom stereocenters. The van der Waals surface area contributed by atoms with Crippen molar-refractivity contribution in [1.29, 1.82) is 0 Å². The average molecular weight is 371 g/mol. The van der Waals surface area contributed by atoms with E-state index in [2.05, 4.69) is 5.32 Å². The van der Waals surface area contributed by atoms with Crippen LogP contribution in [0.25, 0.3) is 10.9 Å². The number of carbonyl (C=O) groups is 2. The van der Waals surface area contributed by atoms with E-state index in [9.17, 15) is 18.0 Å². The molecule has 0 aliphatic heterocycles. The molecule has 0 aliphatic carbocycles. The third-order valence-corrected chi connectivity index (χ3v) is 5.67. The van der Waals surface area contributed by atoms with Gasteiger partial charge in [-0.15, -0.1) is 0 Å². The summed E-state index contributed by atoms with van der Waals surface area (Å²) in [5.74, 6) is -1.09. The number of hydrogen-bond donors (Lipinski definition) is 2. The first kappa shape index (κ1) is 17.7. The van der Waals surface area contributed by atoms with Gasteiger partial charge in [0.1, 0.15) is 6.54 Å². The zero-order chi connectivity index (χ0) is 18.7. The van der Waals surface area contributed by atoms with E-state index >= 15 is 0 Å². The smallest absolute Gasteiger partial charge is 0.240 e. The highest BCUT2D eigenvalue weighted by Crippen LogP contribution is 2.30.